The lowest BCUT2D eigenvalue weighted by Gasteiger charge is -2.36. The fourth-order valence-electron chi connectivity index (χ4n) is 2.54. The molecule has 2 nitrogen and oxygen atoms in total. The van der Waals surface area contributed by atoms with Gasteiger partial charge in [-0.05, 0) is 38.4 Å². The van der Waals surface area contributed by atoms with Crippen molar-refractivity contribution in [1.29, 1.82) is 0 Å². The molecule has 21 heavy (non-hydrogen) atoms. The van der Waals surface area contributed by atoms with Crippen molar-refractivity contribution in [2.45, 2.75) is 15.8 Å². The quantitative estimate of drug-likeness (QED) is 0.769. The van der Waals surface area contributed by atoms with Crippen molar-refractivity contribution in [2.75, 3.05) is 31.4 Å². The molecule has 110 valence electrons. The van der Waals surface area contributed by atoms with Crippen LogP contribution in [0.1, 0.15) is 0 Å². The number of para-hydroxylation sites is 2. The summed E-state index contributed by atoms with van der Waals surface area (Å²) >= 11 is 8.00. The Morgan fingerprint density at radius 1 is 1.00 bits per heavy atom. The predicted octanol–water partition coefficient (Wildman–Crippen LogP) is 4.46. The summed E-state index contributed by atoms with van der Waals surface area (Å²) < 4.78 is 0. The zero-order valence-electron chi connectivity index (χ0n) is 12.3. The largest absolute Gasteiger partial charge is 0.338 e. The van der Waals surface area contributed by atoms with Crippen molar-refractivity contribution >= 4 is 34.7 Å². The highest BCUT2D eigenvalue weighted by Crippen LogP contribution is 2.47. The molecule has 0 saturated carbocycles. The SMILES string of the molecule is CN(C)C(CCl)CN1c2ccccc2Sc2ccccc21. The highest BCUT2D eigenvalue weighted by Gasteiger charge is 2.25. The molecule has 2 aromatic rings. The van der Waals surface area contributed by atoms with Crippen LogP contribution in [0.2, 0.25) is 0 Å². The van der Waals surface area contributed by atoms with Crippen LogP contribution in [0.15, 0.2) is 58.3 Å². The number of nitrogens with zero attached hydrogens (tertiary/aromatic N) is 2. The average molecular weight is 319 g/mol. The van der Waals surface area contributed by atoms with E-state index in [1.54, 1.807) is 0 Å². The molecule has 1 unspecified atom stereocenters. The van der Waals surface area contributed by atoms with Gasteiger partial charge in [0.05, 0.1) is 11.4 Å². The second-order valence-corrected chi connectivity index (χ2v) is 6.81. The first-order chi connectivity index (χ1) is 10.2. The van der Waals surface area contributed by atoms with Crippen LogP contribution in [0.3, 0.4) is 0 Å². The lowest BCUT2D eigenvalue weighted by molar-refractivity contribution is 0.322. The molecule has 1 aliphatic rings. The van der Waals surface area contributed by atoms with E-state index in [0.29, 0.717) is 11.9 Å². The van der Waals surface area contributed by atoms with E-state index in [-0.39, 0.29) is 0 Å². The lowest BCUT2D eigenvalue weighted by atomic mass is 10.2. The number of hydrogen-bond donors (Lipinski definition) is 0. The average Bonchev–Trinajstić information content (AvgIpc) is 2.51. The molecule has 0 aromatic heterocycles. The second kappa shape index (κ2) is 6.30. The Kier molecular flexibility index (Phi) is 4.43. The number of likely N-dealkylation sites (N-methyl/N-ethyl adjacent to an activating group) is 1. The first kappa shape index (κ1) is 14.8. The molecule has 0 N–H and O–H groups in total. The minimum atomic E-state index is 0.316. The Hall–Kier alpha value is -1.16. The van der Waals surface area contributed by atoms with Crippen molar-refractivity contribution in [2.24, 2.45) is 0 Å². The van der Waals surface area contributed by atoms with Gasteiger partial charge in [-0.3, -0.25) is 0 Å². The van der Waals surface area contributed by atoms with Crippen LogP contribution in [0, 0.1) is 0 Å². The fraction of sp³-hybridized carbons (Fsp3) is 0.294. The molecule has 0 spiro atoms. The van der Waals surface area contributed by atoms with Gasteiger partial charge >= 0.3 is 0 Å². The fourth-order valence-corrected chi connectivity index (χ4v) is 4.01. The summed E-state index contributed by atoms with van der Waals surface area (Å²) in [4.78, 5) is 7.21. The van der Waals surface area contributed by atoms with Gasteiger partial charge in [-0.1, -0.05) is 36.0 Å². The van der Waals surface area contributed by atoms with Gasteiger partial charge in [0.2, 0.25) is 0 Å². The highest BCUT2D eigenvalue weighted by atomic mass is 35.5. The molecule has 0 amide bonds. The molecule has 3 rings (SSSR count). The smallest absolute Gasteiger partial charge is 0.0553 e. The van der Waals surface area contributed by atoms with Crippen molar-refractivity contribution in [3.8, 4) is 0 Å². The van der Waals surface area contributed by atoms with E-state index in [9.17, 15) is 0 Å². The van der Waals surface area contributed by atoms with Crippen molar-refractivity contribution in [3.05, 3.63) is 48.5 Å². The van der Waals surface area contributed by atoms with Crippen molar-refractivity contribution in [1.82, 2.24) is 4.90 Å². The van der Waals surface area contributed by atoms with Crippen LogP contribution in [-0.4, -0.2) is 37.5 Å². The van der Waals surface area contributed by atoms with Gasteiger partial charge in [0.1, 0.15) is 0 Å². The van der Waals surface area contributed by atoms with Crippen LogP contribution < -0.4 is 4.90 Å². The summed E-state index contributed by atoms with van der Waals surface area (Å²) in [7, 11) is 4.17. The molecule has 0 fully saturated rings. The molecule has 4 heteroatoms. The van der Waals surface area contributed by atoms with E-state index in [1.165, 1.54) is 21.2 Å². The first-order valence-electron chi connectivity index (χ1n) is 7.06. The zero-order chi connectivity index (χ0) is 14.8. The van der Waals surface area contributed by atoms with Gasteiger partial charge in [-0.25, -0.2) is 0 Å². The molecule has 0 aliphatic carbocycles. The summed E-state index contributed by atoms with van der Waals surface area (Å²) in [5, 5.41) is 0. The first-order valence-corrected chi connectivity index (χ1v) is 8.41. The van der Waals surface area contributed by atoms with Gasteiger partial charge in [0, 0.05) is 28.3 Å². The molecular weight excluding hydrogens is 300 g/mol. The van der Waals surface area contributed by atoms with Crippen molar-refractivity contribution in [3.63, 3.8) is 0 Å². The summed E-state index contributed by atoms with van der Waals surface area (Å²) in [6.45, 7) is 0.894. The zero-order valence-corrected chi connectivity index (χ0v) is 13.9. The molecule has 1 atom stereocenters. The molecule has 0 bridgehead atoms. The van der Waals surface area contributed by atoms with E-state index >= 15 is 0 Å². The number of fused-ring (bicyclic) bond motifs is 2. The maximum Gasteiger partial charge on any atom is 0.0553 e. The van der Waals surface area contributed by atoms with E-state index in [0.717, 1.165) is 6.54 Å². The Bertz CT molecular complexity index is 584. The summed E-state index contributed by atoms with van der Waals surface area (Å²) in [5.74, 6) is 0.626. The topological polar surface area (TPSA) is 6.48 Å². The van der Waals surface area contributed by atoms with E-state index in [4.69, 9.17) is 11.6 Å². The normalized spacial score (nSPS) is 14.8. The van der Waals surface area contributed by atoms with Gasteiger partial charge < -0.3 is 9.80 Å². The highest BCUT2D eigenvalue weighted by molar-refractivity contribution is 7.99. The Morgan fingerprint density at radius 3 is 2.00 bits per heavy atom. The van der Waals surface area contributed by atoms with Crippen LogP contribution >= 0.6 is 23.4 Å². The maximum absolute atomic E-state index is 6.16. The van der Waals surface area contributed by atoms with Gasteiger partial charge in [0.15, 0.2) is 0 Å². The summed E-state index contributed by atoms with van der Waals surface area (Å²) in [5.41, 5.74) is 2.55. The molecule has 2 aromatic carbocycles. The molecule has 0 radical (unpaired) electrons. The molecular formula is C17H19ClN2S. The Morgan fingerprint density at radius 2 is 1.52 bits per heavy atom. The molecule has 1 heterocycles. The van der Waals surface area contributed by atoms with Crippen molar-refractivity contribution < 1.29 is 0 Å². The predicted molar refractivity (Wildman–Crippen MR) is 92.2 cm³/mol. The van der Waals surface area contributed by atoms with E-state index < -0.39 is 0 Å². The summed E-state index contributed by atoms with van der Waals surface area (Å²) in [6.07, 6.45) is 0. The van der Waals surface area contributed by atoms with Gasteiger partial charge in [-0.2, -0.15) is 0 Å². The summed E-state index contributed by atoms with van der Waals surface area (Å²) in [6, 6.07) is 17.5. The second-order valence-electron chi connectivity index (χ2n) is 5.42. The third-order valence-electron chi connectivity index (χ3n) is 3.83. The number of rotatable bonds is 4. The number of halogens is 1. The van der Waals surface area contributed by atoms with E-state index in [1.807, 2.05) is 11.8 Å². The monoisotopic (exact) mass is 318 g/mol. The van der Waals surface area contributed by atoms with Crippen LogP contribution in [0.5, 0.6) is 0 Å². The van der Waals surface area contributed by atoms with Crippen LogP contribution in [-0.2, 0) is 0 Å². The number of benzene rings is 2. The third-order valence-corrected chi connectivity index (χ3v) is 5.32. The minimum absolute atomic E-state index is 0.316. The molecule has 1 aliphatic heterocycles. The lowest BCUT2D eigenvalue weighted by Crippen LogP contribution is -2.40. The van der Waals surface area contributed by atoms with E-state index in [2.05, 4.69) is 72.4 Å². The standard InChI is InChI=1S/C17H19ClN2S/c1-19(2)13(11-18)12-20-14-7-3-5-9-16(14)21-17-10-6-4-8-15(17)20/h3-10,13H,11-12H2,1-2H3. The van der Waals surface area contributed by atoms with Gasteiger partial charge in [-0.15, -0.1) is 11.6 Å². The van der Waals surface area contributed by atoms with Crippen LogP contribution in [0.25, 0.3) is 0 Å². The number of alkyl halides is 1. The molecule has 0 saturated heterocycles. The Balaban J connectivity index is 2.02. The minimum Gasteiger partial charge on any atom is -0.338 e. The van der Waals surface area contributed by atoms with Crippen LogP contribution in [0.4, 0.5) is 11.4 Å². The number of anilines is 2. The van der Waals surface area contributed by atoms with Gasteiger partial charge in [0.25, 0.3) is 0 Å². The number of hydrogen-bond acceptors (Lipinski definition) is 3. The Labute approximate surface area is 135 Å². The maximum atomic E-state index is 6.16. The third kappa shape index (κ3) is 2.91.